The van der Waals surface area contributed by atoms with Gasteiger partial charge in [-0.05, 0) is 32.9 Å². The lowest BCUT2D eigenvalue weighted by Crippen LogP contribution is -2.07. The fourth-order valence-electron chi connectivity index (χ4n) is 2.44. The first-order valence-electron chi connectivity index (χ1n) is 6.52. The molecular weight excluding hydrogens is 268 g/mol. The molecule has 6 nitrogen and oxygen atoms in total. The summed E-state index contributed by atoms with van der Waals surface area (Å²) in [6.07, 6.45) is 0. The van der Waals surface area contributed by atoms with Crippen molar-refractivity contribution in [2.75, 3.05) is 0 Å². The minimum absolute atomic E-state index is 0.212. The van der Waals surface area contributed by atoms with Crippen molar-refractivity contribution in [2.24, 2.45) is 0 Å². The number of carbonyl (C=O) groups is 1. The van der Waals surface area contributed by atoms with Gasteiger partial charge >= 0.3 is 5.97 Å². The SMILES string of the molecule is Cc1nc2ccccc2nc1-n1nc(C)c(C(=O)O)c1C. The standard InChI is InChI=1S/C15H14N4O2/c1-8-13(15(20)21)10(3)19(18-8)14-9(2)16-11-6-4-5-7-12(11)17-14/h4-7H,1-3H3,(H,20,21). The van der Waals surface area contributed by atoms with Crippen LogP contribution in [0.3, 0.4) is 0 Å². The monoisotopic (exact) mass is 282 g/mol. The van der Waals surface area contributed by atoms with Crippen LogP contribution in [0.4, 0.5) is 0 Å². The van der Waals surface area contributed by atoms with Crippen LogP contribution >= 0.6 is 0 Å². The summed E-state index contributed by atoms with van der Waals surface area (Å²) in [7, 11) is 0. The number of rotatable bonds is 2. The van der Waals surface area contributed by atoms with Crippen molar-refractivity contribution in [3.63, 3.8) is 0 Å². The number of aromatic carboxylic acids is 1. The Balaban J connectivity index is 2.28. The first kappa shape index (κ1) is 13.2. The van der Waals surface area contributed by atoms with Gasteiger partial charge in [-0.3, -0.25) is 0 Å². The third kappa shape index (κ3) is 2.05. The third-order valence-corrected chi connectivity index (χ3v) is 3.43. The molecule has 0 atom stereocenters. The van der Waals surface area contributed by atoms with Gasteiger partial charge in [0.25, 0.3) is 0 Å². The summed E-state index contributed by atoms with van der Waals surface area (Å²) in [5.41, 5.74) is 3.49. The zero-order valence-electron chi connectivity index (χ0n) is 12.0. The molecule has 0 saturated carbocycles. The Kier molecular flexibility index (Phi) is 2.94. The molecule has 0 bridgehead atoms. The maximum absolute atomic E-state index is 11.3. The van der Waals surface area contributed by atoms with Gasteiger partial charge in [-0.25, -0.2) is 19.4 Å². The van der Waals surface area contributed by atoms with E-state index in [9.17, 15) is 9.90 Å². The van der Waals surface area contributed by atoms with E-state index in [-0.39, 0.29) is 5.56 Å². The Labute approximate surface area is 121 Å². The van der Waals surface area contributed by atoms with E-state index < -0.39 is 5.97 Å². The summed E-state index contributed by atoms with van der Waals surface area (Å²) in [4.78, 5) is 20.4. The topological polar surface area (TPSA) is 80.9 Å². The number of fused-ring (bicyclic) bond motifs is 1. The normalized spacial score (nSPS) is 11.0. The number of hydrogen-bond donors (Lipinski definition) is 1. The number of para-hydroxylation sites is 2. The molecule has 0 amide bonds. The molecule has 106 valence electrons. The highest BCUT2D eigenvalue weighted by Crippen LogP contribution is 2.20. The van der Waals surface area contributed by atoms with Gasteiger partial charge in [0, 0.05) is 0 Å². The largest absolute Gasteiger partial charge is 0.478 e. The van der Waals surface area contributed by atoms with E-state index in [1.54, 1.807) is 18.5 Å². The van der Waals surface area contributed by atoms with Gasteiger partial charge in [0.05, 0.1) is 28.1 Å². The van der Waals surface area contributed by atoms with Gasteiger partial charge in [0.15, 0.2) is 5.82 Å². The highest BCUT2D eigenvalue weighted by Gasteiger charge is 2.20. The van der Waals surface area contributed by atoms with Crippen LogP contribution in [-0.4, -0.2) is 30.8 Å². The lowest BCUT2D eigenvalue weighted by atomic mass is 10.2. The molecule has 0 aliphatic rings. The molecule has 0 aliphatic carbocycles. The zero-order valence-corrected chi connectivity index (χ0v) is 12.0. The molecule has 0 fully saturated rings. The number of nitrogens with zero attached hydrogens (tertiary/aromatic N) is 4. The molecule has 1 aromatic carbocycles. The van der Waals surface area contributed by atoms with Crippen LogP contribution in [0.15, 0.2) is 24.3 Å². The van der Waals surface area contributed by atoms with Crippen molar-refractivity contribution in [3.8, 4) is 5.82 Å². The Morgan fingerprint density at radius 2 is 1.67 bits per heavy atom. The quantitative estimate of drug-likeness (QED) is 0.780. The highest BCUT2D eigenvalue weighted by molar-refractivity contribution is 5.90. The van der Waals surface area contributed by atoms with Crippen molar-refractivity contribution in [2.45, 2.75) is 20.8 Å². The summed E-state index contributed by atoms with van der Waals surface area (Å²) in [5, 5.41) is 13.6. The fourth-order valence-corrected chi connectivity index (χ4v) is 2.44. The molecule has 0 unspecified atom stereocenters. The molecule has 0 spiro atoms. The van der Waals surface area contributed by atoms with E-state index in [4.69, 9.17) is 0 Å². The predicted molar refractivity (Wildman–Crippen MR) is 77.8 cm³/mol. The van der Waals surface area contributed by atoms with E-state index in [1.165, 1.54) is 0 Å². The molecule has 2 aromatic heterocycles. The van der Waals surface area contributed by atoms with Crippen molar-refractivity contribution in [1.29, 1.82) is 0 Å². The second-order valence-electron chi connectivity index (χ2n) is 4.88. The molecular formula is C15H14N4O2. The minimum atomic E-state index is -0.984. The second kappa shape index (κ2) is 4.66. The number of hydrogen-bond acceptors (Lipinski definition) is 4. The number of carboxylic acid groups (broad SMARTS) is 1. The molecule has 0 aliphatic heterocycles. The molecule has 3 aromatic rings. The van der Waals surface area contributed by atoms with Crippen LogP contribution < -0.4 is 0 Å². The second-order valence-corrected chi connectivity index (χ2v) is 4.88. The fraction of sp³-hybridized carbons (Fsp3) is 0.200. The third-order valence-electron chi connectivity index (χ3n) is 3.43. The van der Waals surface area contributed by atoms with Gasteiger partial charge in [-0.1, -0.05) is 12.1 Å². The van der Waals surface area contributed by atoms with Crippen molar-refractivity contribution >= 4 is 17.0 Å². The van der Waals surface area contributed by atoms with E-state index in [1.807, 2.05) is 31.2 Å². The smallest absolute Gasteiger partial charge is 0.339 e. The minimum Gasteiger partial charge on any atom is -0.478 e. The van der Waals surface area contributed by atoms with E-state index in [0.29, 0.717) is 22.9 Å². The highest BCUT2D eigenvalue weighted by atomic mass is 16.4. The van der Waals surface area contributed by atoms with E-state index in [2.05, 4.69) is 15.1 Å². The summed E-state index contributed by atoms with van der Waals surface area (Å²) < 4.78 is 1.55. The van der Waals surface area contributed by atoms with Crippen LogP contribution in [0.1, 0.15) is 27.4 Å². The molecule has 0 radical (unpaired) electrons. The molecule has 0 saturated heterocycles. The maximum atomic E-state index is 11.3. The van der Waals surface area contributed by atoms with Gasteiger partial charge in [-0.2, -0.15) is 5.10 Å². The van der Waals surface area contributed by atoms with Crippen molar-refractivity contribution in [3.05, 3.63) is 46.9 Å². The van der Waals surface area contributed by atoms with Gasteiger partial charge in [-0.15, -0.1) is 0 Å². The Hall–Kier alpha value is -2.76. The average Bonchev–Trinajstić information content (AvgIpc) is 2.73. The number of aromatic nitrogens is 4. The maximum Gasteiger partial charge on any atom is 0.339 e. The molecule has 6 heteroatoms. The first-order chi connectivity index (χ1) is 9.99. The predicted octanol–water partition coefficient (Wildman–Crippen LogP) is 2.44. The summed E-state index contributed by atoms with van der Waals surface area (Å²) in [5.74, 6) is -0.426. The Morgan fingerprint density at radius 3 is 2.24 bits per heavy atom. The molecule has 3 rings (SSSR count). The lowest BCUT2D eigenvalue weighted by molar-refractivity contribution is 0.0695. The van der Waals surface area contributed by atoms with E-state index in [0.717, 1.165) is 11.0 Å². The summed E-state index contributed by atoms with van der Waals surface area (Å²) >= 11 is 0. The van der Waals surface area contributed by atoms with Crippen molar-refractivity contribution in [1.82, 2.24) is 19.7 Å². The van der Waals surface area contributed by atoms with Gasteiger partial charge in [0.1, 0.15) is 5.56 Å². The molecule has 1 N–H and O–H groups in total. The Morgan fingerprint density at radius 1 is 1.05 bits per heavy atom. The van der Waals surface area contributed by atoms with Crippen LogP contribution in [0.25, 0.3) is 16.9 Å². The lowest BCUT2D eigenvalue weighted by Gasteiger charge is -2.08. The van der Waals surface area contributed by atoms with Crippen LogP contribution in [0, 0.1) is 20.8 Å². The molecule has 2 heterocycles. The Bertz CT molecular complexity index is 867. The number of aryl methyl sites for hydroxylation is 2. The zero-order chi connectivity index (χ0) is 15.1. The molecule has 21 heavy (non-hydrogen) atoms. The number of carboxylic acids is 1. The van der Waals surface area contributed by atoms with Gasteiger partial charge in [0.2, 0.25) is 0 Å². The first-order valence-corrected chi connectivity index (χ1v) is 6.52. The summed E-state index contributed by atoms with van der Waals surface area (Å²) in [6, 6.07) is 7.56. The van der Waals surface area contributed by atoms with E-state index >= 15 is 0 Å². The van der Waals surface area contributed by atoms with Crippen molar-refractivity contribution < 1.29 is 9.90 Å². The van der Waals surface area contributed by atoms with Crippen LogP contribution in [0.2, 0.25) is 0 Å². The summed E-state index contributed by atoms with van der Waals surface area (Å²) in [6.45, 7) is 5.24. The number of benzene rings is 1. The van der Waals surface area contributed by atoms with Gasteiger partial charge < -0.3 is 5.11 Å². The van der Waals surface area contributed by atoms with Crippen LogP contribution in [0.5, 0.6) is 0 Å². The van der Waals surface area contributed by atoms with Crippen LogP contribution in [-0.2, 0) is 0 Å². The average molecular weight is 282 g/mol.